The van der Waals surface area contributed by atoms with Gasteiger partial charge in [0.1, 0.15) is 0 Å². The summed E-state index contributed by atoms with van der Waals surface area (Å²) in [6.45, 7) is 3.09. The SMILES string of the molecule is CC1CCCNC1C(=O)N(C)c1ccccc1. The van der Waals surface area contributed by atoms with Gasteiger partial charge in [-0.1, -0.05) is 25.1 Å². The smallest absolute Gasteiger partial charge is 0.244 e. The highest BCUT2D eigenvalue weighted by atomic mass is 16.2. The van der Waals surface area contributed by atoms with Crippen LogP contribution in [0.25, 0.3) is 0 Å². The van der Waals surface area contributed by atoms with Gasteiger partial charge in [-0.3, -0.25) is 4.79 Å². The zero-order valence-electron chi connectivity index (χ0n) is 10.5. The Labute approximate surface area is 103 Å². The summed E-state index contributed by atoms with van der Waals surface area (Å²) in [4.78, 5) is 14.1. The zero-order valence-corrected chi connectivity index (χ0v) is 10.5. The Kier molecular flexibility index (Phi) is 3.79. The minimum Gasteiger partial charge on any atom is -0.314 e. The Bertz CT molecular complexity index is 377. The van der Waals surface area contributed by atoms with Gasteiger partial charge in [0.2, 0.25) is 5.91 Å². The van der Waals surface area contributed by atoms with Crippen molar-refractivity contribution in [3.05, 3.63) is 30.3 Å². The number of piperidine rings is 1. The number of nitrogens with zero attached hydrogens (tertiary/aromatic N) is 1. The summed E-state index contributed by atoms with van der Waals surface area (Å²) in [7, 11) is 1.85. The van der Waals surface area contributed by atoms with E-state index in [-0.39, 0.29) is 11.9 Å². The van der Waals surface area contributed by atoms with E-state index in [1.54, 1.807) is 4.90 Å². The third kappa shape index (κ3) is 2.67. The average molecular weight is 232 g/mol. The second-order valence-electron chi connectivity index (χ2n) is 4.78. The minimum atomic E-state index is -0.0334. The molecule has 0 radical (unpaired) electrons. The molecule has 17 heavy (non-hydrogen) atoms. The topological polar surface area (TPSA) is 32.3 Å². The molecule has 0 saturated carbocycles. The third-order valence-corrected chi connectivity index (χ3v) is 3.51. The van der Waals surface area contributed by atoms with Gasteiger partial charge in [0, 0.05) is 12.7 Å². The molecule has 2 rings (SSSR count). The molecule has 0 bridgehead atoms. The number of hydrogen-bond donors (Lipinski definition) is 1. The fourth-order valence-corrected chi connectivity index (χ4v) is 2.37. The molecule has 1 aliphatic rings. The van der Waals surface area contributed by atoms with E-state index in [9.17, 15) is 4.79 Å². The van der Waals surface area contributed by atoms with Crippen LogP contribution in [-0.4, -0.2) is 25.5 Å². The van der Waals surface area contributed by atoms with Crippen molar-refractivity contribution in [1.29, 1.82) is 0 Å². The van der Waals surface area contributed by atoms with Crippen LogP contribution >= 0.6 is 0 Å². The van der Waals surface area contributed by atoms with Crippen molar-refractivity contribution in [2.24, 2.45) is 5.92 Å². The number of benzene rings is 1. The summed E-state index contributed by atoms with van der Waals surface area (Å²) in [5.41, 5.74) is 0.956. The van der Waals surface area contributed by atoms with Crippen molar-refractivity contribution >= 4 is 11.6 Å². The van der Waals surface area contributed by atoms with Crippen LogP contribution in [0.15, 0.2) is 30.3 Å². The van der Waals surface area contributed by atoms with Gasteiger partial charge < -0.3 is 10.2 Å². The molecule has 1 aliphatic heterocycles. The minimum absolute atomic E-state index is 0.0334. The van der Waals surface area contributed by atoms with E-state index >= 15 is 0 Å². The Balaban J connectivity index is 2.09. The maximum Gasteiger partial charge on any atom is 0.244 e. The fourth-order valence-electron chi connectivity index (χ4n) is 2.37. The number of carbonyl (C=O) groups is 1. The van der Waals surface area contributed by atoms with Crippen LogP contribution in [0.3, 0.4) is 0 Å². The van der Waals surface area contributed by atoms with Crippen molar-refractivity contribution in [3.63, 3.8) is 0 Å². The lowest BCUT2D eigenvalue weighted by Crippen LogP contribution is -2.51. The van der Waals surface area contributed by atoms with E-state index in [2.05, 4.69) is 12.2 Å². The van der Waals surface area contributed by atoms with E-state index in [1.165, 1.54) is 6.42 Å². The molecule has 3 heteroatoms. The van der Waals surface area contributed by atoms with Crippen molar-refractivity contribution in [3.8, 4) is 0 Å². The predicted octanol–water partition coefficient (Wildman–Crippen LogP) is 2.04. The summed E-state index contributed by atoms with van der Waals surface area (Å²) in [6.07, 6.45) is 2.30. The molecule has 0 aliphatic carbocycles. The maximum absolute atomic E-state index is 12.4. The normalized spacial score (nSPS) is 24.4. The molecule has 2 unspecified atom stereocenters. The number of amides is 1. The van der Waals surface area contributed by atoms with E-state index < -0.39 is 0 Å². The van der Waals surface area contributed by atoms with E-state index in [0.29, 0.717) is 5.92 Å². The molecule has 92 valence electrons. The third-order valence-electron chi connectivity index (χ3n) is 3.51. The Hall–Kier alpha value is -1.35. The van der Waals surface area contributed by atoms with Crippen LogP contribution < -0.4 is 10.2 Å². The molecule has 1 N–H and O–H groups in total. The first-order valence-corrected chi connectivity index (χ1v) is 6.26. The summed E-state index contributed by atoms with van der Waals surface area (Å²) < 4.78 is 0. The van der Waals surface area contributed by atoms with Crippen LogP contribution in [-0.2, 0) is 4.79 Å². The van der Waals surface area contributed by atoms with Crippen LogP contribution in [0.4, 0.5) is 5.69 Å². The number of anilines is 1. The Morgan fingerprint density at radius 2 is 2.06 bits per heavy atom. The number of nitrogens with one attached hydrogen (secondary N) is 1. The van der Waals surface area contributed by atoms with E-state index in [1.807, 2.05) is 37.4 Å². The fraction of sp³-hybridized carbons (Fsp3) is 0.500. The lowest BCUT2D eigenvalue weighted by atomic mass is 9.92. The first-order valence-electron chi connectivity index (χ1n) is 6.26. The van der Waals surface area contributed by atoms with Gasteiger partial charge in [-0.05, 0) is 37.4 Å². The van der Waals surface area contributed by atoms with Crippen molar-refractivity contribution in [2.45, 2.75) is 25.8 Å². The summed E-state index contributed by atoms with van der Waals surface area (Å²) in [5, 5.41) is 3.33. The molecular weight excluding hydrogens is 212 g/mol. The molecule has 1 fully saturated rings. The molecule has 1 aromatic rings. The number of para-hydroxylation sites is 1. The first kappa shape index (κ1) is 12.1. The highest BCUT2D eigenvalue weighted by Crippen LogP contribution is 2.20. The van der Waals surface area contributed by atoms with Crippen LogP contribution in [0, 0.1) is 5.92 Å². The molecule has 1 amide bonds. The summed E-state index contributed by atoms with van der Waals surface area (Å²) in [6, 6.07) is 9.77. The van der Waals surface area contributed by atoms with E-state index in [0.717, 1.165) is 18.7 Å². The van der Waals surface area contributed by atoms with Crippen LogP contribution in [0.5, 0.6) is 0 Å². The van der Waals surface area contributed by atoms with Gasteiger partial charge in [0.25, 0.3) is 0 Å². The molecule has 2 atom stereocenters. The monoisotopic (exact) mass is 232 g/mol. The molecule has 3 nitrogen and oxygen atoms in total. The highest BCUT2D eigenvalue weighted by molar-refractivity contribution is 5.96. The van der Waals surface area contributed by atoms with Crippen molar-refractivity contribution < 1.29 is 4.79 Å². The molecule has 0 spiro atoms. The number of rotatable bonds is 2. The van der Waals surface area contributed by atoms with Gasteiger partial charge in [-0.15, -0.1) is 0 Å². The van der Waals surface area contributed by atoms with Gasteiger partial charge in [-0.25, -0.2) is 0 Å². The van der Waals surface area contributed by atoms with E-state index in [4.69, 9.17) is 0 Å². The summed E-state index contributed by atoms with van der Waals surface area (Å²) in [5.74, 6) is 0.589. The number of carbonyl (C=O) groups excluding carboxylic acids is 1. The Morgan fingerprint density at radius 3 is 2.71 bits per heavy atom. The summed E-state index contributed by atoms with van der Waals surface area (Å²) >= 11 is 0. The first-order chi connectivity index (χ1) is 8.20. The largest absolute Gasteiger partial charge is 0.314 e. The molecular formula is C14H20N2O. The predicted molar refractivity (Wildman–Crippen MR) is 70.0 cm³/mol. The molecule has 0 aromatic heterocycles. The zero-order chi connectivity index (χ0) is 12.3. The van der Waals surface area contributed by atoms with Gasteiger partial charge in [-0.2, -0.15) is 0 Å². The second-order valence-corrected chi connectivity index (χ2v) is 4.78. The Morgan fingerprint density at radius 1 is 1.35 bits per heavy atom. The van der Waals surface area contributed by atoms with Gasteiger partial charge in [0.15, 0.2) is 0 Å². The number of likely N-dealkylation sites (N-methyl/N-ethyl adjacent to an activating group) is 1. The van der Waals surface area contributed by atoms with Crippen LogP contribution in [0.2, 0.25) is 0 Å². The molecule has 1 aromatic carbocycles. The van der Waals surface area contributed by atoms with Gasteiger partial charge in [0.05, 0.1) is 6.04 Å². The number of hydrogen-bond acceptors (Lipinski definition) is 2. The maximum atomic E-state index is 12.4. The second kappa shape index (κ2) is 5.32. The lowest BCUT2D eigenvalue weighted by Gasteiger charge is -2.32. The van der Waals surface area contributed by atoms with Gasteiger partial charge >= 0.3 is 0 Å². The standard InChI is InChI=1S/C14H20N2O/c1-11-7-6-10-15-13(11)14(17)16(2)12-8-4-3-5-9-12/h3-5,8-9,11,13,15H,6-7,10H2,1-2H3. The quantitative estimate of drug-likeness (QED) is 0.846. The van der Waals surface area contributed by atoms with Crippen molar-refractivity contribution in [2.75, 3.05) is 18.5 Å². The highest BCUT2D eigenvalue weighted by Gasteiger charge is 2.29. The molecule has 1 heterocycles. The average Bonchev–Trinajstić information content (AvgIpc) is 2.39. The lowest BCUT2D eigenvalue weighted by molar-refractivity contribution is -0.121. The molecule has 1 saturated heterocycles. The van der Waals surface area contributed by atoms with Crippen molar-refractivity contribution in [1.82, 2.24) is 5.32 Å². The van der Waals surface area contributed by atoms with Crippen LogP contribution in [0.1, 0.15) is 19.8 Å².